The maximum absolute atomic E-state index is 12.5. The second-order valence-electron chi connectivity index (χ2n) is 7.11. The van der Waals surface area contributed by atoms with E-state index in [1.54, 1.807) is 0 Å². The lowest BCUT2D eigenvalue weighted by Gasteiger charge is -2.37. The Morgan fingerprint density at radius 2 is 1.82 bits per heavy atom. The van der Waals surface area contributed by atoms with Crippen molar-refractivity contribution in [3.63, 3.8) is 0 Å². The molecule has 0 radical (unpaired) electrons. The summed E-state index contributed by atoms with van der Waals surface area (Å²) >= 11 is 0. The van der Waals surface area contributed by atoms with Gasteiger partial charge in [-0.3, -0.25) is 9.69 Å². The van der Waals surface area contributed by atoms with E-state index in [9.17, 15) is 18.0 Å². The number of rotatable bonds is 9. The van der Waals surface area contributed by atoms with Gasteiger partial charge < -0.3 is 15.0 Å². The Morgan fingerprint density at radius 3 is 2.39 bits per heavy atom. The van der Waals surface area contributed by atoms with Gasteiger partial charge in [0, 0.05) is 45.0 Å². The molecule has 2 rings (SSSR count). The lowest BCUT2D eigenvalue weighted by Crippen LogP contribution is -2.52. The molecule has 158 valence electrons. The van der Waals surface area contributed by atoms with Crippen molar-refractivity contribution in [3.05, 3.63) is 29.8 Å². The molecule has 0 saturated carbocycles. The first kappa shape index (κ1) is 22.6. The fourth-order valence-electron chi connectivity index (χ4n) is 3.19. The van der Waals surface area contributed by atoms with Gasteiger partial charge in [0.15, 0.2) is 0 Å². The van der Waals surface area contributed by atoms with Crippen molar-refractivity contribution in [2.24, 2.45) is 0 Å². The molecule has 1 amide bonds. The molecule has 1 aliphatic heterocycles. The van der Waals surface area contributed by atoms with Gasteiger partial charge in [0.1, 0.15) is 6.61 Å². The standard InChI is InChI=1S/C20H30F3N3O2/c1-3-17-5-7-18(8-6-17)24-19(27)16(2)26-12-10-25(11-13-26)9-4-14-28-15-20(21,22)23/h5-8,16H,3-4,9-15H2,1-2H3,(H,24,27). The molecule has 28 heavy (non-hydrogen) atoms. The number of piperazine rings is 1. The number of carbonyl (C=O) groups excluding carboxylic acids is 1. The highest BCUT2D eigenvalue weighted by molar-refractivity contribution is 5.94. The van der Waals surface area contributed by atoms with Crippen LogP contribution in [-0.4, -0.2) is 73.9 Å². The zero-order valence-corrected chi connectivity index (χ0v) is 16.6. The molecule has 8 heteroatoms. The maximum atomic E-state index is 12.5. The molecule has 1 saturated heterocycles. The van der Waals surface area contributed by atoms with Crippen molar-refractivity contribution >= 4 is 11.6 Å². The average Bonchev–Trinajstić information content (AvgIpc) is 2.67. The summed E-state index contributed by atoms with van der Waals surface area (Å²) in [5.41, 5.74) is 2.03. The number of nitrogens with one attached hydrogen (secondary N) is 1. The lowest BCUT2D eigenvalue weighted by molar-refractivity contribution is -0.174. The third-order valence-electron chi connectivity index (χ3n) is 4.99. The van der Waals surface area contributed by atoms with Gasteiger partial charge in [0.05, 0.1) is 6.04 Å². The number of halogens is 3. The fourth-order valence-corrected chi connectivity index (χ4v) is 3.19. The molecule has 0 aromatic heterocycles. The van der Waals surface area contributed by atoms with Gasteiger partial charge in [-0.05, 0) is 37.5 Å². The van der Waals surface area contributed by atoms with Crippen LogP contribution in [0, 0.1) is 0 Å². The third kappa shape index (κ3) is 7.77. The number of hydrogen-bond acceptors (Lipinski definition) is 4. The second-order valence-corrected chi connectivity index (χ2v) is 7.11. The van der Waals surface area contributed by atoms with Crippen LogP contribution in [0.2, 0.25) is 0 Å². The summed E-state index contributed by atoms with van der Waals surface area (Å²) in [6.07, 6.45) is -2.73. The van der Waals surface area contributed by atoms with E-state index in [0.29, 0.717) is 13.0 Å². The van der Waals surface area contributed by atoms with E-state index in [-0.39, 0.29) is 18.6 Å². The van der Waals surface area contributed by atoms with Gasteiger partial charge in [-0.1, -0.05) is 19.1 Å². The molecule has 1 fully saturated rings. The summed E-state index contributed by atoms with van der Waals surface area (Å²) in [5, 5.41) is 2.96. The van der Waals surface area contributed by atoms with Crippen molar-refractivity contribution in [1.82, 2.24) is 9.80 Å². The molecule has 0 spiro atoms. The lowest BCUT2D eigenvalue weighted by atomic mass is 10.1. The minimum atomic E-state index is -4.26. The Morgan fingerprint density at radius 1 is 1.18 bits per heavy atom. The van der Waals surface area contributed by atoms with Gasteiger partial charge in [0.2, 0.25) is 5.91 Å². The number of nitrogens with zero attached hydrogens (tertiary/aromatic N) is 2. The SMILES string of the molecule is CCc1ccc(NC(=O)C(C)N2CCN(CCCOCC(F)(F)F)CC2)cc1. The summed E-state index contributed by atoms with van der Waals surface area (Å²) in [4.78, 5) is 16.8. The zero-order valence-electron chi connectivity index (χ0n) is 16.6. The Balaban J connectivity index is 1.66. The Kier molecular flexibility index (Phi) is 8.72. The number of ether oxygens (including phenoxy) is 1. The number of carbonyl (C=O) groups is 1. The largest absolute Gasteiger partial charge is 0.411 e. The van der Waals surface area contributed by atoms with Crippen molar-refractivity contribution in [1.29, 1.82) is 0 Å². The van der Waals surface area contributed by atoms with E-state index in [1.165, 1.54) is 5.56 Å². The minimum Gasteiger partial charge on any atom is -0.372 e. The number of aryl methyl sites for hydroxylation is 1. The molecule has 0 bridgehead atoms. The second kappa shape index (κ2) is 10.8. The van der Waals surface area contributed by atoms with E-state index >= 15 is 0 Å². The Hall–Kier alpha value is -1.64. The molecule has 1 N–H and O–H groups in total. The van der Waals surface area contributed by atoms with E-state index in [2.05, 4.69) is 26.8 Å². The molecule has 5 nitrogen and oxygen atoms in total. The fraction of sp³-hybridized carbons (Fsp3) is 0.650. The predicted molar refractivity (Wildman–Crippen MR) is 103 cm³/mol. The molecule has 1 aromatic rings. The van der Waals surface area contributed by atoms with Gasteiger partial charge in [-0.15, -0.1) is 0 Å². The van der Waals surface area contributed by atoms with Crippen molar-refractivity contribution < 1.29 is 22.7 Å². The molecule has 1 heterocycles. The molecule has 1 unspecified atom stereocenters. The highest BCUT2D eigenvalue weighted by atomic mass is 19.4. The number of hydrogen-bond donors (Lipinski definition) is 1. The Bertz CT molecular complexity index is 600. The molecular weight excluding hydrogens is 371 g/mol. The normalized spacial score (nSPS) is 17.5. The first-order valence-electron chi connectivity index (χ1n) is 9.79. The van der Waals surface area contributed by atoms with Crippen molar-refractivity contribution in [2.45, 2.75) is 38.9 Å². The van der Waals surface area contributed by atoms with Gasteiger partial charge >= 0.3 is 6.18 Å². The third-order valence-corrected chi connectivity index (χ3v) is 4.99. The maximum Gasteiger partial charge on any atom is 0.411 e. The number of anilines is 1. The topological polar surface area (TPSA) is 44.8 Å². The zero-order chi connectivity index (χ0) is 20.6. The van der Waals surface area contributed by atoms with E-state index in [0.717, 1.165) is 38.3 Å². The van der Waals surface area contributed by atoms with Crippen LogP contribution in [0.15, 0.2) is 24.3 Å². The summed E-state index contributed by atoms with van der Waals surface area (Å²) < 4.78 is 40.7. The van der Waals surface area contributed by atoms with E-state index in [4.69, 9.17) is 0 Å². The summed E-state index contributed by atoms with van der Waals surface area (Å²) in [6.45, 7) is 6.71. The summed E-state index contributed by atoms with van der Waals surface area (Å²) in [6, 6.07) is 7.63. The highest BCUT2D eigenvalue weighted by Gasteiger charge is 2.28. The van der Waals surface area contributed by atoms with Crippen LogP contribution in [0.5, 0.6) is 0 Å². The van der Waals surface area contributed by atoms with Crippen LogP contribution in [0.25, 0.3) is 0 Å². The quantitative estimate of drug-likeness (QED) is 0.646. The van der Waals surface area contributed by atoms with Gasteiger partial charge in [0.25, 0.3) is 0 Å². The van der Waals surface area contributed by atoms with Crippen LogP contribution >= 0.6 is 0 Å². The van der Waals surface area contributed by atoms with Gasteiger partial charge in [-0.25, -0.2) is 0 Å². The van der Waals surface area contributed by atoms with Crippen LogP contribution in [0.4, 0.5) is 18.9 Å². The van der Waals surface area contributed by atoms with Crippen LogP contribution in [0.1, 0.15) is 25.8 Å². The molecular formula is C20H30F3N3O2. The monoisotopic (exact) mass is 401 g/mol. The van der Waals surface area contributed by atoms with Gasteiger partial charge in [-0.2, -0.15) is 13.2 Å². The average molecular weight is 401 g/mol. The van der Waals surface area contributed by atoms with Crippen LogP contribution < -0.4 is 5.32 Å². The molecule has 0 aliphatic carbocycles. The molecule has 1 aromatic carbocycles. The van der Waals surface area contributed by atoms with E-state index < -0.39 is 12.8 Å². The number of amides is 1. The minimum absolute atomic E-state index is 0.0294. The first-order chi connectivity index (χ1) is 13.3. The van der Waals surface area contributed by atoms with Crippen LogP contribution in [0.3, 0.4) is 0 Å². The van der Waals surface area contributed by atoms with Crippen LogP contribution in [-0.2, 0) is 16.0 Å². The number of benzene rings is 1. The smallest absolute Gasteiger partial charge is 0.372 e. The molecule has 1 aliphatic rings. The van der Waals surface area contributed by atoms with Crippen molar-refractivity contribution in [3.8, 4) is 0 Å². The summed E-state index contributed by atoms with van der Waals surface area (Å²) in [7, 11) is 0. The summed E-state index contributed by atoms with van der Waals surface area (Å²) in [5.74, 6) is -0.0294. The predicted octanol–water partition coefficient (Wildman–Crippen LogP) is 3.16. The molecule has 1 atom stereocenters. The Labute approximate surface area is 164 Å². The van der Waals surface area contributed by atoms with E-state index in [1.807, 2.05) is 31.2 Å². The highest BCUT2D eigenvalue weighted by Crippen LogP contribution is 2.15. The van der Waals surface area contributed by atoms with Crippen molar-refractivity contribution in [2.75, 3.05) is 51.3 Å². The number of alkyl halides is 3. The first-order valence-corrected chi connectivity index (χ1v) is 9.79.